The highest BCUT2D eigenvalue weighted by molar-refractivity contribution is 9.11. The van der Waals surface area contributed by atoms with E-state index in [4.69, 9.17) is 0 Å². The average Bonchev–Trinajstić information content (AvgIpc) is 2.72. The highest BCUT2D eigenvalue weighted by Crippen LogP contribution is 2.37. The zero-order valence-corrected chi connectivity index (χ0v) is 23.5. The predicted octanol–water partition coefficient (Wildman–Crippen LogP) is 5.96. The monoisotopic (exact) mass is 692 g/mol. The molecule has 0 spiro atoms. The Morgan fingerprint density at radius 3 is 2.13 bits per heavy atom. The Kier molecular flexibility index (Phi) is 7.25. The van der Waals surface area contributed by atoms with E-state index in [0.717, 1.165) is 25.6 Å². The Hall–Kier alpha value is -0.970. The summed E-state index contributed by atoms with van der Waals surface area (Å²) < 4.78 is 36.8. The van der Waals surface area contributed by atoms with Gasteiger partial charge >= 0.3 is 0 Å². The predicted molar refractivity (Wildman–Crippen MR) is 137 cm³/mol. The molecule has 0 saturated heterocycles. The maximum Gasteiger partial charge on any atom is 0.295 e. The second-order valence-corrected chi connectivity index (χ2v) is 11.5. The van der Waals surface area contributed by atoms with Crippen molar-refractivity contribution in [3.63, 3.8) is 0 Å². The van der Waals surface area contributed by atoms with Crippen LogP contribution in [0.15, 0.2) is 59.2 Å². The molecule has 0 unspecified atom stereocenters. The molecule has 162 valence electrons. The summed E-state index contributed by atoms with van der Waals surface area (Å²) in [7, 11) is -4.51. The number of phenolic OH excluding ortho intramolecular Hbond substituents is 1. The molecule has 0 radical (unpaired) electrons. The second-order valence-electron chi connectivity index (χ2n) is 6.86. The van der Waals surface area contributed by atoms with Crippen molar-refractivity contribution in [3.05, 3.63) is 87.0 Å². The molecule has 0 atom stereocenters. The van der Waals surface area contributed by atoms with Gasteiger partial charge in [-0.3, -0.25) is 4.55 Å². The molecule has 0 saturated carbocycles. The minimum Gasteiger partial charge on any atom is -0.506 e. The Balaban J connectivity index is 2.70. The van der Waals surface area contributed by atoms with Gasteiger partial charge in [0.15, 0.2) is 0 Å². The standard InChI is InChI=1S/C22H16Br4O4S/c1-10-14(8-16(23)12(3)20(10)25)19(13-6-4-5-7-18(13)31(28,29)30)15-9-17(24)22(27)21(26)11(15)2/h4-9,27H,2H2,1,3H3,(H,28,29,30)/b19-15+. The first-order valence-electron chi connectivity index (χ1n) is 8.79. The summed E-state index contributed by atoms with van der Waals surface area (Å²) in [6.45, 7) is 7.97. The van der Waals surface area contributed by atoms with Crippen molar-refractivity contribution in [2.75, 3.05) is 0 Å². The van der Waals surface area contributed by atoms with Gasteiger partial charge in [0.25, 0.3) is 10.1 Å². The van der Waals surface area contributed by atoms with E-state index in [1.54, 1.807) is 24.3 Å². The molecule has 0 fully saturated rings. The lowest BCUT2D eigenvalue weighted by molar-refractivity contribution is 0.467. The lowest BCUT2D eigenvalue weighted by Crippen LogP contribution is -2.29. The molecule has 4 nitrogen and oxygen atoms in total. The summed E-state index contributed by atoms with van der Waals surface area (Å²) in [6.07, 6.45) is 0. The van der Waals surface area contributed by atoms with E-state index in [2.05, 4.69) is 70.3 Å². The molecule has 0 bridgehead atoms. The number of hydrogen-bond donors (Lipinski definition) is 2. The fourth-order valence-electron chi connectivity index (χ4n) is 3.31. The van der Waals surface area contributed by atoms with Gasteiger partial charge < -0.3 is 5.11 Å². The third kappa shape index (κ3) is 4.58. The zero-order chi connectivity index (χ0) is 23.2. The van der Waals surface area contributed by atoms with Gasteiger partial charge in [-0.25, -0.2) is 0 Å². The van der Waals surface area contributed by atoms with Crippen LogP contribution in [0.1, 0.15) is 22.3 Å². The quantitative estimate of drug-likeness (QED) is 0.332. The largest absolute Gasteiger partial charge is 0.506 e. The van der Waals surface area contributed by atoms with Crippen LogP contribution in [0.25, 0.3) is 12.2 Å². The topological polar surface area (TPSA) is 74.6 Å². The van der Waals surface area contributed by atoms with Gasteiger partial charge in [0.05, 0.1) is 8.95 Å². The molecule has 0 aliphatic heterocycles. The maximum absolute atomic E-state index is 12.2. The van der Waals surface area contributed by atoms with E-state index in [9.17, 15) is 18.1 Å². The number of rotatable bonds is 3. The summed E-state index contributed by atoms with van der Waals surface area (Å²) in [4.78, 5) is -0.225. The number of aromatic hydroxyl groups is 1. The normalized spacial score (nSPS) is 12.7. The lowest BCUT2D eigenvalue weighted by atomic mass is 9.91. The van der Waals surface area contributed by atoms with Gasteiger partial charge in [0, 0.05) is 14.5 Å². The van der Waals surface area contributed by atoms with Crippen molar-refractivity contribution >= 4 is 86.0 Å². The van der Waals surface area contributed by atoms with Crippen molar-refractivity contribution in [2.24, 2.45) is 0 Å². The van der Waals surface area contributed by atoms with Gasteiger partial charge in [0.2, 0.25) is 0 Å². The van der Waals surface area contributed by atoms with E-state index in [0.29, 0.717) is 30.5 Å². The number of phenols is 1. The highest BCUT2D eigenvalue weighted by Gasteiger charge is 2.23. The van der Waals surface area contributed by atoms with Crippen LogP contribution < -0.4 is 10.4 Å². The number of benzene rings is 3. The van der Waals surface area contributed by atoms with Crippen LogP contribution in [0.5, 0.6) is 5.75 Å². The first-order valence-corrected chi connectivity index (χ1v) is 13.4. The number of hydrogen-bond acceptors (Lipinski definition) is 3. The first kappa shape index (κ1) is 24.7. The van der Waals surface area contributed by atoms with Gasteiger partial charge in [-0.1, -0.05) is 56.6 Å². The Morgan fingerprint density at radius 1 is 0.903 bits per heavy atom. The van der Waals surface area contributed by atoms with Crippen molar-refractivity contribution in [1.82, 2.24) is 0 Å². The van der Waals surface area contributed by atoms with Gasteiger partial charge in [-0.2, -0.15) is 8.42 Å². The molecule has 0 aliphatic carbocycles. The fourth-order valence-corrected chi connectivity index (χ4v) is 6.25. The SMILES string of the molecule is C=c1c(Br)c(O)c(Br)c/c1=C(/c1ccccc1S(=O)(=O)O)c1cc(Br)c(C)c(Br)c1C. The van der Waals surface area contributed by atoms with E-state index < -0.39 is 10.1 Å². The van der Waals surface area contributed by atoms with Crippen LogP contribution >= 0.6 is 63.7 Å². The van der Waals surface area contributed by atoms with Gasteiger partial charge in [-0.15, -0.1) is 0 Å². The Labute approximate surface area is 214 Å². The average molecular weight is 696 g/mol. The lowest BCUT2D eigenvalue weighted by Gasteiger charge is -2.18. The van der Waals surface area contributed by atoms with E-state index >= 15 is 0 Å². The molecule has 9 heteroatoms. The summed E-state index contributed by atoms with van der Waals surface area (Å²) in [6, 6.07) is 9.81. The first-order chi connectivity index (χ1) is 14.4. The fraction of sp³-hybridized carbons (Fsp3) is 0.0909. The molecule has 31 heavy (non-hydrogen) atoms. The van der Waals surface area contributed by atoms with Crippen molar-refractivity contribution in [2.45, 2.75) is 18.7 Å². The third-order valence-electron chi connectivity index (χ3n) is 4.96. The smallest absolute Gasteiger partial charge is 0.295 e. The van der Waals surface area contributed by atoms with Crippen molar-refractivity contribution in [1.29, 1.82) is 0 Å². The maximum atomic E-state index is 12.2. The Bertz CT molecular complexity index is 1450. The van der Waals surface area contributed by atoms with Crippen LogP contribution in [0, 0.1) is 13.8 Å². The molecular formula is C22H16Br4O4S. The van der Waals surface area contributed by atoms with Crippen LogP contribution in [0.4, 0.5) is 0 Å². The highest BCUT2D eigenvalue weighted by atomic mass is 79.9. The van der Waals surface area contributed by atoms with Crippen LogP contribution in [-0.2, 0) is 10.1 Å². The van der Waals surface area contributed by atoms with E-state index in [-0.39, 0.29) is 10.6 Å². The summed E-state index contributed by atoms with van der Waals surface area (Å²) >= 11 is 13.9. The summed E-state index contributed by atoms with van der Waals surface area (Å²) in [5, 5.41) is 11.4. The second kappa shape index (κ2) is 9.11. The zero-order valence-electron chi connectivity index (χ0n) is 16.3. The van der Waals surface area contributed by atoms with E-state index in [1.807, 2.05) is 19.9 Å². The molecule has 2 N–H and O–H groups in total. The van der Waals surface area contributed by atoms with Crippen LogP contribution in [0.3, 0.4) is 0 Å². The molecule has 3 rings (SSSR count). The van der Waals surface area contributed by atoms with Gasteiger partial charge in [0.1, 0.15) is 10.6 Å². The molecule has 3 aromatic rings. The van der Waals surface area contributed by atoms with E-state index in [1.165, 1.54) is 6.07 Å². The molecular weight excluding hydrogens is 680 g/mol. The molecule has 0 heterocycles. The third-order valence-corrected chi connectivity index (χ3v) is 9.34. The minimum absolute atomic E-state index is 0.0147. The van der Waals surface area contributed by atoms with Crippen LogP contribution in [0.2, 0.25) is 0 Å². The summed E-state index contributed by atoms with van der Waals surface area (Å²) in [5.41, 5.74) is 3.45. The molecule has 3 aromatic carbocycles. The molecule has 0 aliphatic rings. The van der Waals surface area contributed by atoms with Crippen molar-refractivity contribution < 1.29 is 18.1 Å². The Morgan fingerprint density at radius 2 is 1.52 bits per heavy atom. The number of halogens is 4. The molecule has 0 aromatic heterocycles. The van der Waals surface area contributed by atoms with Gasteiger partial charge in [-0.05, 0) is 96.6 Å². The summed E-state index contributed by atoms with van der Waals surface area (Å²) in [5.74, 6) is -0.0147. The van der Waals surface area contributed by atoms with Crippen LogP contribution in [-0.4, -0.2) is 18.1 Å². The minimum atomic E-state index is -4.51. The molecule has 0 amide bonds. The van der Waals surface area contributed by atoms with Crippen molar-refractivity contribution in [3.8, 4) is 5.75 Å².